The molecule has 1 heterocycles. The Balaban J connectivity index is 1.67. The molecule has 0 unspecified atom stereocenters. The molecule has 3 rings (SSSR count). The fourth-order valence-electron chi connectivity index (χ4n) is 3.28. The molecule has 29 heavy (non-hydrogen) atoms. The fourth-order valence-corrected chi connectivity index (χ4v) is 3.28. The van der Waals surface area contributed by atoms with Crippen molar-refractivity contribution in [2.75, 3.05) is 13.1 Å². The smallest absolute Gasteiger partial charge is 0.325 e. The van der Waals surface area contributed by atoms with Gasteiger partial charge in [-0.15, -0.1) is 0 Å². The molecule has 7 heteroatoms. The molecule has 1 aliphatic rings. The van der Waals surface area contributed by atoms with Gasteiger partial charge in [0.15, 0.2) is 5.78 Å². The van der Waals surface area contributed by atoms with Gasteiger partial charge in [0.1, 0.15) is 5.54 Å². The molecule has 7 nitrogen and oxygen atoms in total. The average molecular weight is 393 g/mol. The monoisotopic (exact) mass is 393 g/mol. The molecule has 0 aliphatic carbocycles. The molecule has 4 amide bonds. The molecule has 0 aromatic heterocycles. The van der Waals surface area contributed by atoms with Crippen molar-refractivity contribution in [1.82, 2.24) is 15.5 Å². The van der Waals surface area contributed by atoms with Gasteiger partial charge in [-0.05, 0) is 24.5 Å². The van der Waals surface area contributed by atoms with E-state index in [-0.39, 0.29) is 18.2 Å². The molecule has 2 N–H and O–H groups in total. The van der Waals surface area contributed by atoms with Crippen molar-refractivity contribution in [3.05, 3.63) is 71.3 Å². The third kappa shape index (κ3) is 4.34. The number of ketones is 1. The molecule has 150 valence electrons. The lowest BCUT2D eigenvalue weighted by atomic mass is 9.92. The van der Waals surface area contributed by atoms with E-state index in [9.17, 15) is 19.2 Å². The van der Waals surface area contributed by atoms with E-state index < -0.39 is 17.5 Å². The van der Waals surface area contributed by atoms with Gasteiger partial charge < -0.3 is 10.6 Å². The Morgan fingerprint density at radius 3 is 2.31 bits per heavy atom. The van der Waals surface area contributed by atoms with E-state index in [0.717, 1.165) is 10.5 Å². The molecule has 1 aliphatic heterocycles. The van der Waals surface area contributed by atoms with Crippen LogP contribution >= 0.6 is 0 Å². The summed E-state index contributed by atoms with van der Waals surface area (Å²) in [5.74, 6) is -0.860. The zero-order valence-corrected chi connectivity index (χ0v) is 16.4. The van der Waals surface area contributed by atoms with E-state index in [0.29, 0.717) is 24.1 Å². The summed E-state index contributed by atoms with van der Waals surface area (Å²) in [6, 6.07) is 15.3. The number of amides is 4. The minimum atomic E-state index is -1.19. The van der Waals surface area contributed by atoms with Gasteiger partial charge >= 0.3 is 6.03 Å². The minimum Gasteiger partial charge on any atom is -0.356 e. The van der Waals surface area contributed by atoms with Crippen molar-refractivity contribution in [2.24, 2.45) is 0 Å². The Bertz CT molecular complexity index is 940. The van der Waals surface area contributed by atoms with Gasteiger partial charge in [0.05, 0.1) is 6.54 Å². The number of nitrogens with zero attached hydrogens (tertiary/aromatic N) is 1. The normalized spacial score (nSPS) is 18.5. The van der Waals surface area contributed by atoms with Crippen LogP contribution in [0.4, 0.5) is 4.79 Å². The van der Waals surface area contributed by atoms with Gasteiger partial charge in [-0.25, -0.2) is 4.79 Å². The first kappa shape index (κ1) is 20.3. The van der Waals surface area contributed by atoms with Crippen molar-refractivity contribution in [3.63, 3.8) is 0 Å². The van der Waals surface area contributed by atoms with E-state index in [4.69, 9.17) is 0 Å². The predicted octanol–water partition coefficient (Wildman–Crippen LogP) is 2.02. The summed E-state index contributed by atoms with van der Waals surface area (Å²) in [7, 11) is 0. The maximum Gasteiger partial charge on any atom is 0.325 e. The number of urea groups is 1. The summed E-state index contributed by atoms with van der Waals surface area (Å²) >= 11 is 0. The van der Waals surface area contributed by atoms with E-state index in [2.05, 4.69) is 10.6 Å². The van der Waals surface area contributed by atoms with Crippen molar-refractivity contribution < 1.29 is 19.2 Å². The van der Waals surface area contributed by atoms with Crippen molar-refractivity contribution in [1.29, 1.82) is 0 Å². The number of hydrogen-bond donors (Lipinski definition) is 2. The topological polar surface area (TPSA) is 95.6 Å². The zero-order chi connectivity index (χ0) is 21.0. The first-order chi connectivity index (χ1) is 13.8. The molecular formula is C22H23N3O4. The summed E-state index contributed by atoms with van der Waals surface area (Å²) in [5.41, 5.74) is 0.868. The molecule has 1 atom stereocenters. The number of carbonyl (C=O) groups is 4. The highest BCUT2D eigenvalue weighted by Gasteiger charge is 2.49. The van der Waals surface area contributed by atoms with E-state index in [1.54, 1.807) is 55.5 Å². The summed E-state index contributed by atoms with van der Waals surface area (Å²) in [6.45, 7) is 3.29. The van der Waals surface area contributed by atoms with E-state index in [1.165, 1.54) is 6.92 Å². The Labute approximate surface area is 169 Å². The van der Waals surface area contributed by atoms with Crippen LogP contribution in [0.1, 0.15) is 35.3 Å². The molecule has 0 spiro atoms. The molecule has 1 saturated heterocycles. The Hall–Kier alpha value is -3.48. The van der Waals surface area contributed by atoms with Crippen molar-refractivity contribution in [2.45, 2.75) is 25.8 Å². The quantitative estimate of drug-likeness (QED) is 0.556. The molecule has 0 saturated carbocycles. The first-order valence-electron chi connectivity index (χ1n) is 9.37. The van der Waals surface area contributed by atoms with Crippen LogP contribution in [0.5, 0.6) is 0 Å². The van der Waals surface area contributed by atoms with Crippen LogP contribution in [0.3, 0.4) is 0 Å². The van der Waals surface area contributed by atoms with Crippen LogP contribution in [-0.4, -0.2) is 41.6 Å². The Kier molecular flexibility index (Phi) is 5.77. The molecule has 0 bridgehead atoms. The predicted molar refractivity (Wildman–Crippen MR) is 107 cm³/mol. The lowest BCUT2D eigenvalue weighted by Crippen LogP contribution is -2.41. The number of carbonyl (C=O) groups excluding carboxylic acids is 4. The SMILES string of the molecule is CC(=O)NCCc1ccc(C(=O)CN2C(=O)N[C@@](C)(c3ccccc3)C2=O)cc1. The summed E-state index contributed by atoms with van der Waals surface area (Å²) in [4.78, 5) is 49.8. The second-order valence-electron chi connectivity index (χ2n) is 7.17. The lowest BCUT2D eigenvalue weighted by Gasteiger charge is -2.22. The minimum absolute atomic E-state index is 0.0899. The first-order valence-corrected chi connectivity index (χ1v) is 9.37. The van der Waals surface area contributed by atoms with Crippen LogP contribution in [0.2, 0.25) is 0 Å². The largest absolute Gasteiger partial charge is 0.356 e. The van der Waals surface area contributed by atoms with Crippen LogP contribution in [0.25, 0.3) is 0 Å². The van der Waals surface area contributed by atoms with Crippen LogP contribution in [0, 0.1) is 0 Å². The second kappa shape index (κ2) is 8.26. The van der Waals surface area contributed by atoms with Crippen molar-refractivity contribution >= 4 is 23.6 Å². The molecule has 2 aromatic carbocycles. The highest BCUT2D eigenvalue weighted by atomic mass is 16.2. The maximum atomic E-state index is 12.9. The molecule has 1 fully saturated rings. The van der Waals surface area contributed by atoms with Gasteiger partial charge in [-0.3, -0.25) is 19.3 Å². The lowest BCUT2D eigenvalue weighted by molar-refractivity contribution is -0.130. The highest BCUT2D eigenvalue weighted by molar-refractivity contribution is 6.11. The highest BCUT2D eigenvalue weighted by Crippen LogP contribution is 2.28. The molecular weight excluding hydrogens is 370 g/mol. The van der Waals surface area contributed by atoms with E-state index >= 15 is 0 Å². The number of imide groups is 1. The van der Waals surface area contributed by atoms with Gasteiger partial charge in [-0.2, -0.15) is 0 Å². The van der Waals surface area contributed by atoms with Gasteiger partial charge in [0, 0.05) is 19.0 Å². The zero-order valence-electron chi connectivity index (χ0n) is 16.4. The number of nitrogens with one attached hydrogen (secondary N) is 2. The van der Waals surface area contributed by atoms with Gasteiger partial charge in [0.25, 0.3) is 5.91 Å². The standard InChI is InChI=1S/C22H23N3O4/c1-15(26)23-13-12-16-8-10-17(11-9-16)19(27)14-25-20(28)22(2,24-21(25)29)18-6-4-3-5-7-18/h3-11H,12-14H2,1-2H3,(H,23,26)(H,24,29)/t22-/m0/s1. The van der Waals surface area contributed by atoms with Crippen LogP contribution in [-0.2, 0) is 21.5 Å². The number of hydrogen-bond acceptors (Lipinski definition) is 4. The number of rotatable bonds is 7. The molecule has 2 aromatic rings. The average Bonchev–Trinajstić information content (AvgIpc) is 2.93. The molecule has 0 radical (unpaired) electrons. The third-order valence-electron chi connectivity index (χ3n) is 4.99. The van der Waals surface area contributed by atoms with Crippen molar-refractivity contribution in [3.8, 4) is 0 Å². The fraction of sp³-hybridized carbons (Fsp3) is 0.273. The van der Waals surface area contributed by atoms with Crippen LogP contribution in [0.15, 0.2) is 54.6 Å². The third-order valence-corrected chi connectivity index (χ3v) is 4.99. The maximum absolute atomic E-state index is 12.9. The van der Waals surface area contributed by atoms with Gasteiger partial charge in [0.2, 0.25) is 5.91 Å². The summed E-state index contributed by atoms with van der Waals surface area (Å²) < 4.78 is 0. The summed E-state index contributed by atoms with van der Waals surface area (Å²) in [6.07, 6.45) is 0.649. The number of Topliss-reactive ketones (excluding diaryl/α,β-unsaturated/α-hetero) is 1. The van der Waals surface area contributed by atoms with E-state index in [1.807, 2.05) is 6.07 Å². The summed E-state index contributed by atoms with van der Waals surface area (Å²) in [5, 5.41) is 5.41. The van der Waals surface area contributed by atoms with Crippen LogP contribution < -0.4 is 10.6 Å². The Morgan fingerprint density at radius 1 is 1.03 bits per heavy atom. The second-order valence-corrected chi connectivity index (χ2v) is 7.17. The van der Waals surface area contributed by atoms with Gasteiger partial charge in [-0.1, -0.05) is 54.6 Å². The Morgan fingerprint density at radius 2 is 1.69 bits per heavy atom. The number of benzene rings is 2.